The van der Waals surface area contributed by atoms with Gasteiger partial charge in [-0.05, 0) is 6.07 Å². The number of carbonyl (C=O) groups excluding carboxylic acids is 1. The van der Waals surface area contributed by atoms with Gasteiger partial charge in [-0.3, -0.25) is 4.79 Å². The van der Waals surface area contributed by atoms with E-state index in [0.29, 0.717) is 11.3 Å². The highest BCUT2D eigenvalue weighted by Gasteiger charge is 2.40. The van der Waals surface area contributed by atoms with Crippen molar-refractivity contribution in [3.05, 3.63) is 35.6 Å². The second-order valence-electron chi connectivity index (χ2n) is 4.80. The number of carbonyl (C=O) groups is 1. The Morgan fingerprint density at radius 3 is 2.80 bits per heavy atom. The van der Waals surface area contributed by atoms with Crippen LogP contribution in [-0.4, -0.2) is 30.8 Å². The molecule has 2 heterocycles. The fourth-order valence-corrected chi connectivity index (χ4v) is 2.37. The monoisotopic (exact) mass is 279 g/mol. The molecule has 3 atom stereocenters. The Morgan fingerprint density at radius 2 is 2.05 bits per heavy atom. The van der Waals surface area contributed by atoms with Gasteiger partial charge in [0.1, 0.15) is 11.5 Å². The van der Waals surface area contributed by atoms with Crippen molar-refractivity contribution in [2.24, 2.45) is 11.1 Å². The third kappa shape index (κ3) is 2.32. The summed E-state index contributed by atoms with van der Waals surface area (Å²) in [5.74, 6) is -0.791. The number of hydrogen-bond donors (Lipinski definition) is 0. The van der Waals surface area contributed by atoms with Crippen molar-refractivity contribution in [3.63, 3.8) is 0 Å². The number of fused-ring (bicyclic) bond motifs is 1. The predicted octanol–water partition coefficient (Wildman–Crippen LogP) is 1.83. The first-order valence-corrected chi connectivity index (χ1v) is 6.39. The fourth-order valence-electron chi connectivity index (χ4n) is 2.37. The van der Waals surface area contributed by atoms with Crippen molar-refractivity contribution in [1.29, 1.82) is 0 Å². The van der Waals surface area contributed by atoms with Crippen LogP contribution < -0.4 is 0 Å². The lowest BCUT2D eigenvalue weighted by Crippen LogP contribution is -2.31. The number of hydrogen-bond acceptors (Lipinski definition) is 5. The second-order valence-corrected chi connectivity index (χ2v) is 4.80. The molecular formula is C14H14FNO4. The van der Waals surface area contributed by atoms with E-state index in [9.17, 15) is 9.18 Å². The molecule has 6 heteroatoms. The average Bonchev–Trinajstić information content (AvgIpc) is 2.73. The molecule has 1 aromatic rings. The SMILES string of the molecule is CC(=O)C1=NO[C@H]2CO[C@H](c3ccccc3F)OC[C@@H]12. The Balaban J connectivity index is 1.77. The number of halogens is 1. The third-order valence-corrected chi connectivity index (χ3v) is 3.45. The van der Waals surface area contributed by atoms with Gasteiger partial charge in [-0.15, -0.1) is 0 Å². The van der Waals surface area contributed by atoms with Crippen LogP contribution in [0.1, 0.15) is 18.8 Å². The molecule has 0 aromatic heterocycles. The van der Waals surface area contributed by atoms with E-state index < -0.39 is 6.29 Å². The minimum Gasteiger partial charge on any atom is -0.389 e. The van der Waals surface area contributed by atoms with Gasteiger partial charge in [-0.1, -0.05) is 23.4 Å². The summed E-state index contributed by atoms with van der Waals surface area (Å²) in [7, 11) is 0. The predicted molar refractivity (Wildman–Crippen MR) is 67.5 cm³/mol. The van der Waals surface area contributed by atoms with Gasteiger partial charge in [-0.2, -0.15) is 0 Å². The Labute approximate surface area is 115 Å². The van der Waals surface area contributed by atoms with Gasteiger partial charge in [0.05, 0.1) is 19.1 Å². The number of rotatable bonds is 2. The van der Waals surface area contributed by atoms with Crippen molar-refractivity contribution in [3.8, 4) is 0 Å². The van der Waals surface area contributed by atoms with E-state index in [4.69, 9.17) is 14.3 Å². The van der Waals surface area contributed by atoms with Crippen LogP contribution in [0.4, 0.5) is 4.39 Å². The van der Waals surface area contributed by atoms with Crippen LogP contribution in [0.3, 0.4) is 0 Å². The Hall–Kier alpha value is -1.79. The van der Waals surface area contributed by atoms with E-state index in [-0.39, 0.29) is 36.8 Å². The van der Waals surface area contributed by atoms with Crippen LogP contribution in [0.5, 0.6) is 0 Å². The van der Waals surface area contributed by atoms with Gasteiger partial charge in [0.2, 0.25) is 0 Å². The first kappa shape index (κ1) is 13.2. The first-order chi connectivity index (χ1) is 9.66. The van der Waals surface area contributed by atoms with Crippen molar-refractivity contribution in [2.75, 3.05) is 13.2 Å². The lowest BCUT2D eigenvalue weighted by atomic mass is 9.96. The Kier molecular flexibility index (Phi) is 3.50. The highest BCUT2D eigenvalue weighted by Crippen LogP contribution is 2.30. The maximum absolute atomic E-state index is 13.7. The van der Waals surface area contributed by atoms with Gasteiger partial charge in [-0.25, -0.2) is 4.39 Å². The van der Waals surface area contributed by atoms with Gasteiger partial charge in [0.15, 0.2) is 18.2 Å². The van der Waals surface area contributed by atoms with Crippen LogP contribution in [-0.2, 0) is 19.1 Å². The molecule has 5 nitrogen and oxygen atoms in total. The normalized spacial score (nSPS) is 29.1. The quantitative estimate of drug-likeness (QED) is 0.828. The Morgan fingerprint density at radius 1 is 1.30 bits per heavy atom. The molecule has 0 N–H and O–H groups in total. The minimum atomic E-state index is -0.793. The van der Waals surface area contributed by atoms with Crippen LogP contribution in [0.2, 0.25) is 0 Å². The summed E-state index contributed by atoms with van der Waals surface area (Å²) >= 11 is 0. The molecule has 1 fully saturated rings. The van der Waals surface area contributed by atoms with E-state index in [1.807, 2.05) is 0 Å². The van der Waals surface area contributed by atoms with Gasteiger partial charge >= 0.3 is 0 Å². The molecule has 0 spiro atoms. The van der Waals surface area contributed by atoms with E-state index >= 15 is 0 Å². The van der Waals surface area contributed by atoms with Crippen LogP contribution >= 0.6 is 0 Å². The number of Topliss-reactive ketones (excluding diaryl/α,β-unsaturated/α-hetero) is 1. The number of ether oxygens (including phenoxy) is 2. The summed E-state index contributed by atoms with van der Waals surface area (Å²) in [5, 5.41) is 3.77. The summed E-state index contributed by atoms with van der Waals surface area (Å²) in [4.78, 5) is 16.6. The molecular weight excluding hydrogens is 265 g/mol. The van der Waals surface area contributed by atoms with E-state index in [0.717, 1.165) is 0 Å². The topological polar surface area (TPSA) is 57.1 Å². The standard InChI is InChI=1S/C14H14FNO4/c1-8(17)13-10-6-18-14(19-7-12(10)20-16-13)9-4-2-3-5-11(9)15/h2-5,10,12,14H,6-7H2,1H3/t10-,12+,14-/m1/s1. The van der Waals surface area contributed by atoms with E-state index in [1.165, 1.54) is 13.0 Å². The molecule has 0 aliphatic carbocycles. The Bertz CT molecular complexity index is 560. The van der Waals surface area contributed by atoms with Crippen molar-refractivity contribution in [1.82, 2.24) is 0 Å². The van der Waals surface area contributed by atoms with Crippen molar-refractivity contribution < 1.29 is 23.5 Å². The molecule has 0 amide bonds. The molecule has 20 heavy (non-hydrogen) atoms. The fraction of sp³-hybridized carbons (Fsp3) is 0.429. The van der Waals surface area contributed by atoms with E-state index in [2.05, 4.69) is 5.16 Å². The molecule has 0 radical (unpaired) electrons. The van der Waals surface area contributed by atoms with Gasteiger partial charge in [0, 0.05) is 12.5 Å². The second kappa shape index (κ2) is 5.30. The highest BCUT2D eigenvalue weighted by molar-refractivity contribution is 6.40. The van der Waals surface area contributed by atoms with Gasteiger partial charge < -0.3 is 14.3 Å². The zero-order valence-electron chi connectivity index (χ0n) is 10.9. The first-order valence-electron chi connectivity index (χ1n) is 6.39. The molecule has 0 bridgehead atoms. The molecule has 0 saturated carbocycles. The number of ketones is 1. The van der Waals surface area contributed by atoms with Crippen LogP contribution in [0, 0.1) is 11.7 Å². The largest absolute Gasteiger partial charge is 0.389 e. The summed E-state index contributed by atoms with van der Waals surface area (Å²) in [6.45, 7) is 1.84. The maximum Gasteiger partial charge on any atom is 0.186 e. The third-order valence-electron chi connectivity index (χ3n) is 3.45. The summed E-state index contributed by atoms with van der Waals surface area (Å²) < 4.78 is 24.9. The smallest absolute Gasteiger partial charge is 0.186 e. The molecule has 2 aliphatic heterocycles. The molecule has 0 unspecified atom stereocenters. The minimum absolute atomic E-state index is 0.148. The summed E-state index contributed by atoms with van der Waals surface area (Å²) in [6.07, 6.45) is -1.15. The van der Waals surface area contributed by atoms with Crippen LogP contribution in [0.15, 0.2) is 29.4 Å². The maximum atomic E-state index is 13.7. The number of nitrogens with zero attached hydrogens (tertiary/aromatic N) is 1. The number of oxime groups is 1. The highest BCUT2D eigenvalue weighted by atomic mass is 19.1. The van der Waals surface area contributed by atoms with Gasteiger partial charge in [0.25, 0.3) is 0 Å². The van der Waals surface area contributed by atoms with Crippen molar-refractivity contribution in [2.45, 2.75) is 19.3 Å². The summed E-state index contributed by atoms with van der Waals surface area (Å²) in [5.41, 5.74) is 0.696. The zero-order valence-corrected chi connectivity index (χ0v) is 10.9. The number of benzene rings is 1. The molecule has 3 rings (SSSR count). The van der Waals surface area contributed by atoms with Crippen LogP contribution in [0.25, 0.3) is 0 Å². The lowest BCUT2D eigenvalue weighted by molar-refractivity contribution is -0.141. The summed E-state index contributed by atoms with van der Waals surface area (Å²) in [6, 6.07) is 6.29. The molecule has 1 aromatic carbocycles. The molecule has 1 saturated heterocycles. The van der Waals surface area contributed by atoms with Crippen molar-refractivity contribution >= 4 is 11.5 Å². The molecule has 106 valence electrons. The lowest BCUT2D eigenvalue weighted by Gasteiger charge is -2.16. The molecule has 2 aliphatic rings. The average molecular weight is 279 g/mol. The van der Waals surface area contributed by atoms with E-state index in [1.54, 1.807) is 18.2 Å². The zero-order chi connectivity index (χ0) is 14.1.